The number of benzene rings is 1. The van der Waals surface area contributed by atoms with Crippen molar-refractivity contribution in [1.82, 2.24) is 4.90 Å². The van der Waals surface area contributed by atoms with Gasteiger partial charge in [-0.15, -0.1) is 0 Å². The van der Waals surface area contributed by atoms with Gasteiger partial charge in [0.25, 0.3) is 5.91 Å². The van der Waals surface area contributed by atoms with Gasteiger partial charge in [0.2, 0.25) is 0 Å². The molecule has 0 spiro atoms. The summed E-state index contributed by atoms with van der Waals surface area (Å²) in [4.78, 5) is 13.9. The SMILES string of the molecule is COc1cc(/C=C2/SC(=S)N(C)C2=O)cc(Br)c1O. The first kappa shape index (κ1) is 14.4. The average molecular weight is 360 g/mol. The van der Waals surface area contributed by atoms with Crippen LogP contribution in [0.15, 0.2) is 21.5 Å². The molecule has 1 aliphatic rings. The molecule has 1 aromatic rings. The van der Waals surface area contributed by atoms with Crippen molar-refractivity contribution in [2.24, 2.45) is 0 Å². The molecule has 0 saturated carbocycles. The van der Waals surface area contributed by atoms with E-state index in [-0.39, 0.29) is 11.7 Å². The Kier molecular flexibility index (Phi) is 4.17. The molecule has 1 heterocycles. The van der Waals surface area contributed by atoms with Gasteiger partial charge in [0.1, 0.15) is 4.32 Å². The number of methoxy groups -OCH3 is 1. The van der Waals surface area contributed by atoms with E-state index in [1.54, 1.807) is 25.3 Å². The van der Waals surface area contributed by atoms with Crippen molar-refractivity contribution in [1.29, 1.82) is 0 Å². The van der Waals surface area contributed by atoms with E-state index in [0.29, 0.717) is 19.4 Å². The lowest BCUT2D eigenvalue weighted by molar-refractivity contribution is -0.121. The number of amides is 1. The lowest BCUT2D eigenvalue weighted by Crippen LogP contribution is -2.22. The zero-order valence-electron chi connectivity index (χ0n) is 10.1. The number of ether oxygens (including phenoxy) is 1. The number of hydrogen-bond acceptors (Lipinski definition) is 5. The Hall–Kier alpha value is -1.05. The largest absolute Gasteiger partial charge is 0.503 e. The van der Waals surface area contributed by atoms with Crippen molar-refractivity contribution < 1.29 is 14.6 Å². The maximum Gasteiger partial charge on any atom is 0.265 e. The Morgan fingerprint density at radius 2 is 2.21 bits per heavy atom. The molecule has 0 bridgehead atoms. The van der Waals surface area contributed by atoms with Gasteiger partial charge in [-0.2, -0.15) is 0 Å². The topological polar surface area (TPSA) is 49.8 Å². The van der Waals surface area contributed by atoms with Crippen LogP contribution in [-0.2, 0) is 4.79 Å². The normalized spacial score (nSPS) is 17.4. The maximum absolute atomic E-state index is 11.9. The number of rotatable bonds is 2. The number of thiocarbonyl (C=S) groups is 1. The summed E-state index contributed by atoms with van der Waals surface area (Å²) in [6, 6.07) is 3.36. The highest BCUT2D eigenvalue weighted by Gasteiger charge is 2.28. The minimum Gasteiger partial charge on any atom is -0.503 e. The number of halogens is 1. The molecule has 2 rings (SSSR count). The van der Waals surface area contributed by atoms with Crippen LogP contribution < -0.4 is 4.74 Å². The van der Waals surface area contributed by atoms with Crippen molar-refractivity contribution in [2.75, 3.05) is 14.2 Å². The summed E-state index contributed by atoms with van der Waals surface area (Å²) in [5.74, 6) is 0.244. The number of carbonyl (C=O) groups excluding carboxylic acids is 1. The number of carbonyl (C=O) groups is 1. The van der Waals surface area contributed by atoms with Crippen LogP contribution in [0.4, 0.5) is 0 Å². The molecular weight excluding hydrogens is 350 g/mol. The fourth-order valence-corrected chi connectivity index (χ4v) is 3.17. The summed E-state index contributed by atoms with van der Waals surface area (Å²) >= 11 is 9.55. The third kappa shape index (κ3) is 2.77. The molecule has 0 radical (unpaired) electrons. The Labute approximate surface area is 128 Å². The fraction of sp³-hybridized carbons (Fsp3) is 0.167. The first-order valence-electron chi connectivity index (χ1n) is 5.22. The predicted octanol–water partition coefficient (Wildman–Crippen LogP) is 2.99. The molecule has 1 N–H and O–H groups in total. The number of thioether (sulfide) groups is 1. The minimum absolute atomic E-state index is 0.0303. The highest BCUT2D eigenvalue weighted by atomic mass is 79.9. The first-order chi connectivity index (χ1) is 8.93. The second-order valence-electron chi connectivity index (χ2n) is 3.79. The molecule has 19 heavy (non-hydrogen) atoms. The lowest BCUT2D eigenvalue weighted by atomic mass is 10.2. The highest BCUT2D eigenvalue weighted by molar-refractivity contribution is 9.10. The number of nitrogens with zero attached hydrogens (tertiary/aromatic N) is 1. The van der Waals surface area contributed by atoms with E-state index in [1.807, 2.05) is 0 Å². The summed E-state index contributed by atoms with van der Waals surface area (Å²) in [5, 5.41) is 9.73. The number of phenolic OH excluding ortho intramolecular Hbond substituents is 1. The molecule has 1 aliphatic heterocycles. The van der Waals surface area contributed by atoms with E-state index in [9.17, 15) is 9.90 Å². The standard InChI is InChI=1S/C12H10BrNO3S2/c1-14-11(16)9(19-12(14)18)5-6-3-7(13)10(15)8(4-6)17-2/h3-5,15H,1-2H3/b9-5+. The Balaban J connectivity index is 2.42. The third-order valence-electron chi connectivity index (χ3n) is 2.55. The fourth-order valence-electron chi connectivity index (χ4n) is 1.53. The van der Waals surface area contributed by atoms with Crippen LogP contribution in [-0.4, -0.2) is 34.4 Å². The van der Waals surface area contributed by atoms with Gasteiger partial charge in [0.15, 0.2) is 11.5 Å². The maximum atomic E-state index is 11.9. The second-order valence-corrected chi connectivity index (χ2v) is 6.32. The number of hydrogen-bond donors (Lipinski definition) is 1. The molecule has 0 unspecified atom stereocenters. The van der Waals surface area contributed by atoms with Crippen LogP contribution in [0.5, 0.6) is 11.5 Å². The Morgan fingerprint density at radius 1 is 1.53 bits per heavy atom. The zero-order chi connectivity index (χ0) is 14.2. The summed E-state index contributed by atoms with van der Waals surface area (Å²) in [7, 11) is 3.11. The highest BCUT2D eigenvalue weighted by Crippen LogP contribution is 2.37. The van der Waals surface area contributed by atoms with Gasteiger partial charge < -0.3 is 9.84 Å². The van der Waals surface area contributed by atoms with Crippen molar-refractivity contribution in [3.63, 3.8) is 0 Å². The minimum atomic E-state index is -0.127. The van der Waals surface area contributed by atoms with Gasteiger partial charge >= 0.3 is 0 Å². The van der Waals surface area contributed by atoms with E-state index in [2.05, 4.69) is 15.9 Å². The van der Waals surface area contributed by atoms with Crippen molar-refractivity contribution in [3.8, 4) is 11.5 Å². The Morgan fingerprint density at radius 3 is 2.74 bits per heavy atom. The van der Waals surface area contributed by atoms with Gasteiger partial charge in [0.05, 0.1) is 16.5 Å². The van der Waals surface area contributed by atoms with E-state index in [4.69, 9.17) is 17.0 Å². The molecule has 1 aromatic carbocycles. The van der Waals surface area contributed by atoms with Crippen LogP contribution in [0.2, 0.25) is 0 Å². The molecule has 1 amide bonds. The monoisotopic (exact) mass is 359 g/mol. The van der Waals surface area contributed by atoms with Crippen LogP contribution in [0.3, 0.4) is 0 Å². The molecule has 4 nitrogen and oxygen atoms in total. The summed E-state index contributed by atoms with van der Waals surface area (Å²) in [6.07, 6.45) is 1.72. The molecule has 1 fully saturated rings. The molecular formula is C12H10BrNO3S2. The van der Waals surface area contributed by atoms with E-state index in [0.717, 1.165) is 5.56 Å². The van der Waals surface area contributed by atoms with Gasteiger partial charge in [0, 0.05) is 7.05 Å². The Bertz CT molecular complexity index is 601. The number of likely N-dealkylation sites (N-methyl/N-ethyl adjacent to an activating group) is 1. The van der Waals surface area contributed by atoms with Crippen LogP contribution >= 0.6 is 39.9 Å². The average Bonchev–Trinajstić information content (AvgIpc) is 2.61. The van der Waals surface area contributed by atoms with E-state index >= 15 is 0 Å². The van der Waals surface area contributed by atoms with Crippen molar-refractivity contribution in [3.05, 3.63) is 27.1 Å². The van der Waals surface area contributed by atoms with Gasteiger partial charge in [-0.1, -0.05) is 24.0 Å². The quantitative estimate of drug-likeness (QED) is 0.649. The zero-order valence-corrected chi connectivity index (χ0v) is 13.4. The van der Waals surface area contributed by atoms with Crippen LogP contribution in [0, 0.1) is 0 Å². The summed E-state index contributed by atoms with van der Waals surface area (Å²) in [5.41, 5.74) is 0.746. The molecule has 100 valence electrons. The third-order valence-corrected chi connectivity index (χ3v) is 4.64. The van der Waals surface area contributed by atoms with Gasteiger partial charge in [-0.25, -0.2) is 0 Å². The molecule has 7 heteroatoms. The van der Waals surface area contributed by atoms with E-state index < -0.39 is 0 Å². The van der Waals surface area contributed by atoms with Crippen molar-refractivity contribution >= 4 is 56.2 Å². The van der Waals surface area contributed by atoms with Gasteiger partial charge in [-0.3, -0.25) is 9.69 Å². The summed E-state index contributed by atoms with van der Waals surface area (Å²) in [6.45, 7) is 0. The predicted molar refractivity (Wildman–Crippen MR) is 83.3 cm³/mol. The van der Waals surface area contributed by atoms with Crippen LogP contribution in [0.1, 0.15) is 5.56 Å². The van der Waals surface area contributed by atoms with Gasteiger partial charge in [-0.05, 0) is 39.7 Å². The lowest BCUT2D eigenvalue weighted by Gasteiger charge is -2.07. The number of phenols is 1. The number of aromatic hydroxyl groups is 1. The second kappa shape index (κ2) is 5.52. The van der Waals surface area contributed by atoms with Crippen LogP contribution in [0.25, 0.3) is 6.08 Å². The molecule has 0 aromatic heterocycles. The summed E-state index contributed by atoms with van der Waals surface area (Å²) < 4.78 is 6.10. The smallest absolute Gasteiger partial charge is 0.265 e. The first-order valence-corrected chi connectivity index (χ1v) is 7.24. The molecule has 0 aliphatic carbocycles. The van der Waals surface area contributed by atoms with E-state index in [1.165, 1.54) is 23.8 Å². The van der Waals surface area contributed by atoms with Crippen molar-refractivity contribution in [2.45, 2.75) is 0 Å². The molecule has 0 atom stereocenters. The molecule has 1 saturated heterocycles.